The Morgan fingerprint density at radius 1 is 1.00 bits per heavy atom. The zero-order valence-electron chi connectivity index (χ0n) is 11.4. The molecule has 0 aliphatic rings. The summed E-state index contributed by atoms with van der Waals surface area (Å²) in [5.74, 6) is 0. The van der Waals surface area contributed by atoms with Gasteiger partial charge in [-0.3, -0.25) is 0 Å². The van der Waals surface area contributed by atoms with Gasteiger partial charge >= 0.3 is 0 Å². The molecule has 17 heavy (non-hydrogen) atoms. The van der Waals surface area contributed by atoms with Gasteiger partial charge in [0.1, 0.15) is 0 Å². The number of hydrogen-bond acceptors (Lipinski definition) is 2. The van der Waals surface area contributed by atoms with E-state index in [4.69, 9.17) is 17.0 Å². The first kappa shape index (κ1) is 17.2. The van der Waals surface area contributed by atoms with E-state index < -0.39 is 0 Å². The van der Waals surface area contributed by atoms with Gasteiger partial charge in [0.15, 0.2) is 0 Å². The maximum atomic E-state index is 5.32. The molecule has 1 unspecified atom stereocenters. The summed E-state index contributed by atoms with van der Waals surface area (Å²) in [7, 11) is 0. The molecule has 0 aliphatic carbocycles. The largest absolute Gasteiger partial charge is 0.476 e. The van der Waals surface area contributed by atoms with Crippen molar-refractivity contribution in [3.63, 3.8) is 0 Å². The third-order valence-corrected chi connectivity index (χ3v) is 3.22. The molecular weight excluding hydrogens is 248 g/mol. The van der Waals surface area contributed by atoms with Gasteiger partial charge in [-0.05, 0) is 32.0 Å². The molecule has 0 rings (SSSR count). The van der Waals surface area contributed by atoms with Crippen LogP contribution >= 0.6 is 24.8 Å². The number of ether oxygens (including phenoxy) is 1. The SMILES string of the molecule is CCCCCCCCCCCC(C)OC(=S)S. The molecule has 0 aromatic rings. The van der Waals surface area contributed by atoms with Gasteiger partial charge in [0, 0.05) is 0 Å². The van der Waals surface area contributed by atoms with Crippen molar-refractivity contribution in [2.75, 3.05) is 0 Å². The lowest BCUT2D eigenvalue weighted by Crippen LogP contribution is -2.09. The molecule has 0 fully saturated rings. The maximum Gasteiger partial charge on any atom is 0.217 e. The van der Waals surface area contributed by atoms with Crippen LogP contribution in [0.1, 0.15) is 78.1 Å². The molecule has 102 valence electrons. The van der Waals surface area contributed by atoms with Crippen LogP contribution in [-0.4, -0.2) is 10.5 Å². The Bertz CT molecular complexity index is 183. The molecule has 0 radical (unpaired) electrons. The van der Waals surface area contributed by atoms with Gasteiger partial charge in [0.2, 0.25) is 4.38 Å². The fraction of sp³-hybridized carbons (Fsp3) is 0.929. The first-order valence-electron chi connectivity index (χ1n) is 7.06. The summed E-state index contributed by atoms with van der Waals surface area (Å²) in [6, 6.07) is 0. The molecule has 0 aromatic heterocycles. The van der Waals surface area contributed by atoms with Gasteiger partial charge in [-0.15, -0.1) is 0 Å². The second kappa shape index (κ2) is 12.7. The van der Waals surface area contributed by atoms with Crippen molar-refractivity contribution < 1.29 is 4.74 Å². The second-order valence-electron chi connectivity index (χ2n) is 4.81. The molecular formula is C14H28OS2. The number of thiol groups is 1. The molecule has 0 N–H and O–H groups in total. The highest BCUT2D eigenvalue weighted by atomic mass is 32.1. The summed E-state index contributed by atoms with van der Waals surface area (Å²) in [4.78, 5) is 0. The van der Waals surface area contributed by atoms with Gasteiger partial charge in [-0.25, -0.2) is 0 Å². The lowest BCUT2D eigenvalue weighted by Gasteiger charge is -2.12. The van der Waals surface area contributed by atoms with Crippen molar-refractivity contribution >= 4 is 29.2 Å². The average Bonchev–Trinajstić information content (AvgIpc) is 2.26. The maximum absolute atomic E-state index is 5.32. The van der Waals surface area contributed by atoms with E-state index in [0.29, 0.717) is 4.38 Å². The molecule has 3 heteroatoms. The number of rotatable bonds is 11. The Hall–Kier alpha value is 0.240. The smallest absolute Gasteiger partial charge is 0.217 e. The van der Waals surface area contributed by atoms with E-state index in [2.05, 4.69) is 26.5 Å². The molecule has 0 saturated carbocycles. The number of unbranched alkanes of at least 4 members (excludes halogenated alkanes) is 8. The fourth-order valence-electron chi connectivity index (χ4n) is 1.97. The summed E-state index contributed by atoms with van der Waals surface area (Å²) in [6.07, 6.45) is 13.6. The van der Waals surface area contributed by atoms with Crippen LogP contribution in [0, 0.1) is 0 Å². The summed E-state index contributed by atoms with van der Waals surface area (Å²) >= 11 is 8.75. The third-order valence-electron chi connectivity index (χ3n) is 3.02. The van der Waals surface area contributed by atoms with Gasteiger partial charge in [0.25, 0.3) is 0 Å². The predicted molar refractivity (Wildman–Crippen MR) is 84.0 cm³/mol. The van der Waals surface area contributed by atoms with Gasteiger partial charge < -0.3 is 4.74 Å². The summed E-state index contributed by atoms with van der Waals surface area (Å²) in [5, 5.41) is 0. The van der Waals surface area contributed by atoms with Crippen molar-refractivity contribution in [3.8, 4) is 0 Å². The minimum atomic E-state index is 0.226. The number of hydrogen-bond donors (Lipinski definition) is 1. The molecule has 1 nitrogen and oxygen atoms in total. The van der Waals surface area contributed by atoms with Crippen molar-refractivity contribution in [1.29, 1.82) is 0 Å². The van der Waals surface area contributed by atoms with Crippen LogP contribution in [0.4, 0.5) is 0 Å². The molecule has 0 aliphatic heterocycles. The van der Waals surface area contributed by atoms with E-state index in [9.17, 15) is 0 Å². The molecule has 0 spiro atoms. The molecule has 0 amide bonds. The molecule has 0 saturated heterocycles. The predicted octanol–water partition coefficient (Wildman–Crippen LogP) is 5.53. The summed E-state index contributed by atoms with van der Waals surface area (Å²) in [5.41, 5.74) is 0. The van der Waals surface area contributed by atoms with E-state index in [-0.39, 0.29) is 6.10 Å². The molecule has 1 atom stereocenters. The Balaban J connectivity index is 3.10. The van der Waals surface area contributed by atoms with E-state index in [1.807, 2.05) is 0 Å². The first-order valence-corrected chi connectivity index (χ1v) is 7.92. The van der Waals surface area contributed by atoms with E-state index in [1.54, 1.807) is 0 Å². The van der Waals surface area contributed by atoms with Crippen molar-refractivity contribution in [3.05, 3.63) is 0 Å². The highest BCUT2D eigenvalue weighted by Gasteiger charge is 2.02. The van der Waals surface area contributed by atoms with Crippen LogP contribution in [-0.2, 0) is 4.74 Å². The Kier molecular flexibility index (Phi) is 12.9. The van der Waals surface area contributed by atoms with Crippen LogP contribution in [0.5, 0.6) is 0 Å². The molecule has 0 bridgehead atoms. The zero-order valence-corrected chi connectivity index (χ0v) is 13.1. The molecule has 0 heterocycles. The fourth-order valence-corrected chi connectivity index (χ4v) is 2.32. The van der Waals surface area contributed by atoms with E-state index in [0.717, 1.165) is 6.42 Å². The minimum Gasteiger partial charge on any atom is -0.476 e. The highest BCUT2D eigenvalue weighted by molar-refractivity contribution is 8.10. The second-order valence-corrected chi connectivity index (χ2v) is 5.89. The normalized spacial score (nSPS) is 12.4. The zero-order chi connectivity index (χ0) is 12.9. The third kappa shape index (κ3) is 14.2. The Morgan fingerprint density at radius 2 is 1.47 bits per heavy atom. The average molecular weight is 277 g/mol. The quantitative estimate of drug-likeness (QED) is 0.302. The highest BCUT2D eigenvalue weighted by Crippen LogP contribution is 2.12. The lowest BCUT2D eigenvalue weighted by molar-refractivity contribution is 0.206. The lowest BCUT2D eigenvalue weighted by atomic mass is 10.1. The van der Waals surface area contributed by atoms with E-state index >= 15 is 0 Å². The monoisotopic (exact) mass is 276 g/mol. The van der Waals surface area contributed by atoms with E-state index in [1.165, 1.54) is 57.8 Å². The summed E-state index contributed by atoms with van der Waals surface area (Å²) in [6.45, 7) is 4.33. The Labute approximate surface area is 118 Å². The van der Waals surface area contributed by atoms with Crippen LogP contribution in [0.3, 0.4) is 0 Å². The van der Waals surface area contributed by atoms with Crippen molar-refractivity contribution in [2.24, 2.45) is 0 Å². The summed E-state index contributed by atoms with van der Waals surface area (Å²) < 4.78 is 5.69. The van der Waals surface area contributed by atoms with Crippen LogP contribution in [0.25, 0.3) is 0 Å². The van der Waals surface area contributed by atoms with Crippen molar-refractivity contribution in [2.45, 2.75) is 84.2 Å². The first-order chi connectivity index (χ1) is 8.16. The number of thiocarbonyl (C=S) groups is 1. The standard InChI is InChI=1S/C14H28OS2/c1-3-4-5-6-7-8-9-10-11-12-13(2)15-14(16)17/h13H,3-12H2,1-2H3,(H,16,17). The van der Waals surface area contributed by atoms with Gasteiger partial charge in [-0.1, -0.05) is 70.9 Å². The molecule has 0 aromatic carbocycles. The topological polar surface area (TPSA) is 9.23 Å². The van der Waals surface area contributed by atoms with Crippen molar-refractivity contribution in [1.82, 2.24) is 0 Å². The minimum absolute atomic E-state index is 0.226. The van der Waals surface area contributed by atoms with Gasteiger partial charge in [0.05, 0.1) is 6.10 Å². The van der Waals surface area contributed by atoms with Crippen LogP contribution in [0.15, 0.2) is 0 Å². The van der Waals surface area contributed by atoms with Gasteiger partial charge in [-0.2, -0.15) is 0 Å². The van der Waals surface area contributed by atoms with Crippen LogP contribution < -0.4 is 0 Å². The van der Waals surface area contributed by atoms with Crippen LogP contribution in [0.2, 0.25) is 0 Å². The Morgan fingerprint density at radius 3 is 1.94 bits per heavy atom.